The molecule has 4 rings (SSSR count). The van der Waals surface area contributed by atoms with Gasteiger partial charge in [0.05, 0.1) is 39.6 Å². The number of anilines is 1. The lowest BCUT2D eigenvalue weighted by Gasteiger charge is -2.10. The number of hydrogen-bond acceptors (Lipinski definition) is 4. The molecule has 156 valence electrons. The van der Waals surface area contributed by atoms with E-state index >= 15 is 0 Å². The first-order valence-electron chi connectivity index (χ1n) is 9.12. The van der Waals surface area contributed by atoms with E-state index in [1.165, 1.54) is 12.1 Å². The molecule has 0 aliphatic heterocycles. The number of rotatable bonds is 5. The van der Waals surface area contributed by atoms with Gasteiger partial charge >= 0.3 is 0 Å². The third kappa shape index (κ3) is 4.54. The average molecular weight is 474 g/mol. The molecule has 4 aromatic rings. The maximum Gasteiger partial charge on any atom is 0.256 e. The summed E-state index contributed by atoms with van der Waals surface area (Å²) in [5.41, 5.74) is 2.09. The smallest absolute Gasteiger partial charge is 0.256 e. The molecule has 0 saturated heterocycles. The number of halogens is 3. The Bertz CT molecular complexity index is 1250. The van der Waals surface area contributed by atoms with Crippen LogP contribution in [0.1, 0.15) is 10.4 Å². The molecular weight excluding hydrogens is 459 g/mol. The predicted octanol–water partition coefficient (Wildman–Crippen LogP) is 7.23. The number of nitrogens with zero attached hydrogens (tertiary/aromatic N) is 1. The number of carbonyl (C=O) groups excluding carboxylic acids is 1. The third-order valence-electron chi connectivity index (χ3n) is 4.54. The highest BCUT2D eigenvalue weighted by Gasteiger charge is 2.18. The number of aromatic nitrogens is 1. The lowest BCUT2D eigenvalue weighted by atomic mass is 10.1. The van der Waals surface area contributed by atoms with E-state index < -0.39 is 0 Å². The Hall–Kier alpha value is -2.99. The number of nitrogens with one attached hydrogen (secondary N) is 1. The Kier molecular flexibility index (Phi) is 6.18. The quantitative estimate of drug-likeness (QED) is 0.311. The highest BCUT2D eigenvalue weighted by Crippen LogP contribution is 2.34. The van der Waals surface area contributed by atoms with Crippen LogP contribution in [0.5, 0.6) is 5.75 Å². The van der Waals surface area contributed by atoms with Crippen molar-refractivity contribution in [2.45, 2.75) is 0 Å². The standard InChI is InChI=1S/C23H15Cl3N2O3/c1-30-14-8-6-13(7-9-14)21-12-27-23(31-21)16-5-3-2-4-15(16)22(29)28-20-11-18(25)17(24)10-19(20)26/h2-12H,1H3,(H,28,29). The zero-order chi connectivity index (χ0) is 22.0. The summed E-state index contributed by atoms with van der Waals surface area (Å²) >= 11 is 18.2. The fourth-order valence-corrected chi connectivity index (χ4v) is 3.56. The molecule has 0 fully saturated rings. The van der Waals surface area contributed by atoms with Crippen molar-refractivity contribution in [3.05, 3.63) is 87.5 Å². The second-order valence-electron chi connectivity index (χ2n) is 6.50. The molecule has 1 amide bonds. The summed E-state index contributed by atoms with van der Waals surface area (Å²) in [6, 6.07) is 17.4. The Morgan fingerprint density at radius 1 is 0.968 bits per heavy atom. The number of carbonyl (C=O) groups is 1. The SMILES string of the molecule is COc1ccc(-c2cnc(-c3ccccc3C(=O)Nc3cc(Cl)c(Cl)cc3Cl)o2)cc1. The highest BCUT2D eigenvalue weighted by atomic mass is 35.5. The van der Waals surface area contributed by atoms with Crippen LogP contribution in [0.4, 0.5) is 5.69 Å². The van der Waals surface area contributed by atoms with E-state index in [-0.39, 0.29) is 16.0 Å². The molecule has 3 aromatic carbocycles. The first-order chi connectivity index (χ1) is 15.0. The van der Waals surface area contributed by atoms with Crippen molar-refractivity contribution in [2.75, 3.05) is 12.4 Å². The van der Waals surface area contributed by atoms with Crippen LogP contribution >= 0.6 is 34.8 Å². The largest absolute Gasteiger partial charge is 0.497 e. The fraction of sp³-hybridized carbons (Fsp3) is 0.0435. The van der Waals surface area contributed by atoms with Crippen LogP contribution in [0.3, 0.4) is 0 Å². The molecule has 1 N–H and O–H groups in total. The molecule has 0 bridgehead atoms. The van der Waals surface area contributed by atoms with Crippen molar-refractivity contribution >= 4 is 46.4 Å². The molecular formula is C23H15Cl3N2O3. The Morgan fingerprint density at radius 2 is 1.68 bits per heavy atom. The van der Waals surface area contributed by atoms with Gasteiger partial charge in [-0.15, -0.1) is 0 Å². The van der Waals surface area contributed by atoms with E-state index in [9.17, 15) is 4.79 Å². The number of hydrogen-bond donors (Lipinski definition) is 1. The van der Waals surface area contributed by atoms with Crippen LogP contribution in [-0.4, -0.2) is 18.0 Å². The lowest BCUT2D eigenvalue weighted by molar-refractivity contribution is 0.102. The van der Waals surface area contributed by atoms with Gasteiger partial charge in [0, 0.05) is 11.1 Å². The molecule has 0 radical (unpaired) electrons. The minimum absolute atomic E-state index is 0.276. The molecule has 0 saturated carbocycles. The summed E-state index contributed by atoms with van der Waals surface area (Å²) in [5.74, 6) is 1.24. The van der Waals surface area contributed by atoms with Crippen LogP contribution in [0.25, 0.3) is 22.8 Å². The summed E-state index contributed by atoms with van der Waals surface area (Å²) in [6.07, 6.45) is 1.61. The molecule has 1 heterocycles. The topological polar surface area (TPSA) is 64.4 Å². The molecule has 8 heteroatoms. The van der Waals surface area contributed by atoms with Crippen LogP contribution in [0.15, 0.2) is 71.3 Å². The van der Waals surface area contributed by atoms with E-state index in [1.54, 1.807) is 37.6 Å². The maximum absolute atomic E-state index is 13.0. The zero-order valence-corrected chi connectivity index (χ0v) is 18.4. The van der Waals surface area contributed by atoms with Gasteiger partial charge in [0.2, 0.25) is 5.89 Å². The number of amides is 1. The minimum atomic E-state index is -0.389. The zero-order valence-electron chi connectivity index (χ0n) is 16.2. The van der Waals surface area contributed by atoms with Crippen LogP contribution in [0, 0.1) is 0 Å². The van der Waals surface area contributed by atoms with Gasteiger partial charge in [0.1, 0.15) is 5.75 Å². The van der Waals surface area contributed by atoms with Gasteiger partial charge in [0.15, 0.2) is 5.76 Å². The lowest BCUT2D eigenvalue weighted by Crippen LogP contribution is -2.13. The first-order valence-corrected chi connectivity index (χ1v) is 10.2. The molecule has 0 spiro atoms. The summed E-state index contributed by atoms with van der Waals surface area (Å²) in [4.78, 5) is 17.3. The van der Waals surface area contributed by atoms with Crippen molar-refractivity contribution in [3.8, 4) is 28.5 Å². The van der Waals surface area contributed by atoms with Crippen molar-refractivity contribution in [1.29, 1.82) is 0 Å². The normalized spacial score (nSPS) is 10.7. The van der Waals surface area contributed by atoms with E-state index in [0.717, 1.165) is 11.3 Å². The molecule has 0 atom stereocenters. The Morgan fingerprint density at radius 3 is 2.42 bits per heavy atom. The molecule has 0 unspecified atom stereocenters. The van der Waals surface area contributed by atoms with E-state index in [1.807, 2.05) is 24.3 Å². The van der Waals surface area contributed by atoms with E-state index in [4.69, 9.17) is 44.0 Å². The van der Waals surface area contributed by atoms with Crippen molar-refractivity contribution < 1.29 is 13.9 Å². The molecule has 0 aliphatic carbocycles. The number of benzene rings is 3. The fourth-order valence-electron chi connectivity index (χ4n) is 2.96. The van der Waals surface area contributed by atoms with Crippen molar-refractivity contribution in [2.24, 2.45) is 0 Å². The van der Waals surface area contributed by atoms with E-state index in [0.29, 0.717) is 33.5 Å². The van der Waals surface area contributed by atoms with Crippen molar-refractivity contribution in [1.82, 2.24) is 4.98 Å². The van der Waals surface area contributed by atoms with Gasteiger partial charge < -0.3 is 14.5 Å². The number of oxazole rings is 1. The van der Waals surface area contributed by atoms with Crippen molar-refractivity contribution in [3.63, 3.8) is 0 Å². The average Bonchev–Trinajstić information content (AvgIpc) is 3.27. The summed E-state index contributed by atoms with van der Waals surface area (Å²) in [5, 5.41) is 3.62. The van der Waals surface area contributed by atoms with Crippen LogP contribution < -0.4 is 10.1 Å². The third-order valence-corrected chi connectivity index (χ3v) is 5.58. The van der Waals surface area contributed by atoms with E-state index in [2.05, 4.69) is 10.3 Å². The second-order valence-corrected chi connectivity index (χ2v) is 7.73. The van der Waals surface area contributed by atoms with Gasteiger partial charge in [-0.05, 0) is 48.5 Å². The second kappa shape index (κ2) is 9.02. The van der Waals surface area contributed by atoms with Gasteiger partial charge in [-0.3, -0.25) is 4.79 Å². The summed E-state index contributed by atoms with van der Waals surface area (Å²) in [6.45, 7) is 0. The molecule has 0 aliphatic rings. The Labute approximate surface area is 193 Å². The number of methoxy groups -OCH3 is 1. The predicted molar refractivity (Wildman–Crippen MR) is 123 cm³/mol. The summed E-state index contributed by atoms with van der Waals surface area (Å²) < 4.78 is 11.1. The van der Waals surface area contributed by atoms with Gasteiger partial charge in [-0.1, -0.05) is 46.9 Å². The van der Waals surface area contributed by atoms with Crippen LogP contribution in [0.2, 0.25) is 15.1 Å². The Balaban J connectivity index is 1.64. The first kappa shape index (κ1) is 21.2. The number of ether oxygens (including phenoxy) is 1. The van der Waals surface area contributed by atoms with Gasteiger partial charge in [-0.2, -0.15) is 0 Å². The highest BCUT2D eigenvalue weighted by molar-refractivity contribution is 6.44. The monoisotopic (exact) mass is 472 g/mol. The maximum atomic E-state index is 13.0. The van der Waals surface area contributed by atoms with Crippen LogP contribution in [-0.2, 0) is 0 Å². The minimum Gasteiger partial charge on any atom is -0.497 e. The van der Waals surface area contributed by atoms with Gasteiger partial charge in [-0.25, -0.2) is 4.98 Å². The molecule has 5 nitrogen and oxygen atoms in total. The molecule has 31 heavy (non-hydrogen) atoms. The summed E-state index contributed by atoms with van der Waals surface area (Å²) in [7, 11) is 1.61. The molecule has 1 aromatic heterocycles. The van der Waals surface area contributed by atoms with Gasteiger partial charge in [0.25, 0.3) is 5.91 Å².